The Morgan fingerprint density at radius 2 is 2.07 bits per heavy atom. The average Bonchev–Trinajstić information content (AvgIpc) is 3.41. The van der Waals surface area contributed by atoms with Gasteiger partial charge in [0, 0.05) is 38.1 Å². The van der Waals surface area contributed by atoms with Gasteiger partial charge in [0.2, 0.25) is 17.6 Å². The number of thiophene rings is 1. The lowest BCUT2D eigenvalue weighted by Crippen LogP contribution is -2.49. The summed E-state index contributed by atoms with van der Waals surface area (Å²) < 4.78 is 5.48. The van der Waals surface area contributed by atoms with E-state index >= 15 is 0 Å². The molecule has 3 aromatic heterocycles. The highest BCUT2D eigenvalue weighted by atomic mass is 32.1. The maximum absolute atomic E-state index is 12.6. The van der Waals surface area contributed by atoms with Crippen molar-refractivity contribution in [2.24, 2.45) is 0 Å². The third-order valence-corrected chi connectivity index (χ3v) is 5.95. The average molecular weight is 398 g/mol. The summed E-state index contributed by atoms with van der Waals surface area (Å²) in [5, 5.41) is 6.10. The standard InChI is InChI=1S/C20H23N5O2S/c1-14-5-6-16(13-21-14)12-18(26)25-9-7-24(8-10-25)15(2)20-22-19(23-27-20)17-4-3-11-28-17/h3-6,11,13,15H,7-10,12H2,1-2H3. The van der Waals surface area contributed by atoms with E-state index in [9.17, 15) is 4.79 Å². The van der Waals surface area contributed by atoms with Gasteiger partial charge in [-0.05, 0) is 36.9 Å². The summed E-state index contributed by atoms with van der Waals surface area (Å²) in [5.41, 5.74) is 1.92. The molecule has 1 amide bonds. The number of carbonyl (C=O) groups excluding carboxylic acids is 1. The molecular formula is C20H23N5O2S. The number of aromatic nitrogens is 3. The molecule has 0 saturated carbocycles. The fourth-order valence-corrected chi connectivity index (χ4v) is 3.96. The Morgan fingerprint density at radius 3 is 2.75 bits per heavy atom. The quantitative estimate of drug-likeness (QED) is 0.659. The van der Waals surface area contributed by atoms with Crippen LogP contribution in [-0.4, -0.2) is 57.0 Å². The Balaban J connectivity index is 1.32. The number of pyridine rings is 1. The molecule has 3 aromatic rings. The van der Waals surface area contributed by atoms with Crippen LogP contribution in [0.2, 0.25) is 0 Å². The molecule has 0 aliphatic carbocycles. The molecule has 7 nitrogen and oxygen atoms in total. The lowest BCUT2D eigenvalue weighted by molar-refractivity contribution is -0.132. The first-order chi connectivity index (χ1) is 13.6. The fourth-order valence-electron chi connectivity index (χ4n) is 3.31. The highest BCUT2D eigenvalue weighted by Crippen LogP contribution is 2.26. The summed E-state index contributed by atoms with van der Waals surface area (Å²) in [6.07, 6.45) is 2.18. The zero-order valence-electron chi connectivity index (χ0n) is 16.0. The maximum Gasteiger partial charge on any atom is 0.244 e. The summed E-state index contributed by atoms with van der Waals surface area (Å²) in [6, 6.07) is 7.90. The van der Waals surface area contributed by atoms with Crippen LogP contribution < -0.4 is 0 Å². The third-order valence-electron chi connectivity index (χ3n) is 5.08. The summed E-state index contributed by atoms with van der Waals surface area (Å²) in [5.74, 6) is 1.40. The van der Waals surface area contributed by atoms with Crippen molar-refractivity contribution in [2.45, 2.75) is 26.3 Å². The summed E-state index contributed by atoms with van der Waals surface area (Å²) in [6.45, 7) is 6.99. The molecule has 1 fully saturated rings. The SMILES string of the molecule is Cc1ccc(CC(=O)N2CCN(C(C)c3nc(-c4cccs4)no3)CC2)cn1. The molecule has 4 rings (SSSR count). The number of nitrogens with zero attached hydrogens (tertiary/aromatic N) is 5. The Hall–Kier alpha value is -2.58. The molecule has 0 spiro atoms. The molecule has 146 valence electrons. The van der Waals surface area contributed by atoms with Crippen molar-refractivity contribution in [3.8, 4) is 10.7 Å². The van der Waals surface area contributed by atoms with Crippen LogP contribution in [-0.2, 0) is 11.2 Å². The van der Waals surface area contributed by atoms with Gasteiger partial charge in [-0.1, -0.05) is 17.3 Å². The second kappa shape index (κ2) is 8.20. The first-order valence-electron chi connectivity index (χ1n) is 9.41. The van der Waals surface area contributed by atoms with Crippen molar-refractivity contribution < 1.29 is 9.32 Å². The summed E-state index contributed by atoms with van der Waals surface area (Å²) in [7, 11) is 0. The van der Waals surface area contributed by atoms with Crippen LogP contribution in [0.5, 0.6) is 0 Å². The molecule has 0 bridgehead atoms. The van der Waals surface area contributed by atoms with E-state index < -0.39 is 0 Å². The van der Waals surface area contributed by atoms with Crippen LogP contribution in [0.15, 0.2) is 40.4 Å². The van der Waals surface area contributed by atoms with E-state index in [0.29, 0.717) is 31.2 Å². The van der Waals surface area contributed by atoms with Crippen molar-refractivity contribution in [1.29, 1.82) is 0 Å². The van der Waals surface area contributed by atoms with E-state index in [2.05, 4.69) is 26.9 Å². The van der Waals surface area contributed by atoms with Crippen LogP contribution in [0.1, 0.15) is 30.1 Å². The number of amides is 1. The van der Waals surface area contributed by atoms with Crippen molar-refractivity contribution in [3.05, 3.63) is 53.0 Å². The molecular weight excluding hydrogens is 374 g/mol. The Morgan fingerprint density at radius 1 is 1.25 bits per heavy atom. The van der Waals surface area contributed by atoms with Crippen molar-refractivity contribution in [2.75, 3.05) is 26.2 Å². The van der Waals surface area contributed by atoms with Gasteiger partial charge >= 0.3 is 0 Å². The molecule has 8 heteroatoms. The van der Waals surface area contributed by atoms with Crippen molar-refractivity contribution in [1.82, 2.24) is 24.9 Å². The van der Waals surface area contributed by atoms with E-state index in [-0.39, 0.29) is 11.9 Å². The lowest BCUT2D eigenvalue weighted by atomic mass is 10.1. The number of hydrogen-bond donors (Lipinski definition) is 0. The first-order valence-corrected chi connectivity index (χ1v) is 10.3. The molecule has 1 aliphatic heterocycles. The van der Waals surface area contributed by atoms with Crippen LogP contribution in [0.4, 0.5) is 0 Å². The number of piperazine rings is 1. The smallest absolute Gasteiger partial charge is 0.244 e. The van der Waals surface area contributed by atoms with Gasteiger partial charge in [0.1, 0.15) is 0 Å². The predicted molar refractivity (Wildman–Crippen MR) is 107 cm³/mol. The monoisotopic (exact) mass is 397 g/mol. The molecule has 1 unspecified atom stereocenters. The van der Waals surface area contributed by atoms with Crippen LogP contribution in [0.25, 0.3) is 10.7 Å². The van der Waals surface area contributed by atoms with Crippen molar-refractivity contribution in [3.63, 3.8) is 0 Å². The largest absolute Gasteiger partial charge is 0.340 e. The first kappa shape index (κ1) is 18.8. The highest BCUT2D eigenvalue weighted by molar-refractivity contribution is 7.13. The summed E-state index contributed by atoms with van der Waals surface area (Å²) in [4.78, 5) is 26.6. The van der Waals surface area contributed by atoms with Gasteiger partial charge < -0.3 is 9.42 Å². The van der Waals surface area contributed by atoms with Gasteiger partial charge in [0.25, 0.3) is 0 Å². The third kappa shape index (κ3) is 4.13. The molecule has 1 aliphatic rings. The van der Waals surface area contributed by atoms with E-state index in [4.69, 9.17) is 4.52 Å². The lowest BCUT2D eigenvalue weighted by Gasteiger charge is -2.36. The number of aryl methyl sites for hydroxylation is 1. The topological polar surface area (TPSA) is 75.4 Å². The van der Waals surface area contributed by atoms with Gasteiger partial charge in [-0.25, -0.2) is 0 Å². The summed E-state index contributed by atoms with van der Waals surface area (Å²) >= 11 is 1.59. The molecule has 28 heavy (non-hydrogen) atoms. The number of carbonyl (C=O) groups is 1. The second-order valence-electron chi connectivity index (χ2n) is 7.01. The van der Waals surface area contributed by atoms with Crippen LogP contribution in [0, 0.1) is 6.92 Å². The van der Waals surface area contributed by atoms with Gasteiger partial charge in [0.15, 0.2) is 0 Å². The fraction of sp³-hybridized carbons (Fsp3) is 0.400. The Bertz CT molecular complexity index is 914. The predicted octanol–water partition coefficient (Wildman–Crippen LogP) is 2.95. The van der Waals surface area contributed by atoms with Gasteiger partial charge in [-0.3, -0.25) is 14.7 Å². The molecule has 0 radical (unpaired) electrons. The van der Waals surface area contributed by atoms with Gasteiger partial charge in [0.05, 0.1) is 17.3 Å². The van der Waals surface area contributed by atoms with E-state index in [1.54, 1.807) is 17.5 Å². The molecule has 0 aromatic carbocycles. The zero-order chi connectivity index (χ0) is 19.5. The van der Waals surface area contributed by atoms with E-state index in [0.717, 1.165) is 29.2 Å². The Labute approximate surface area is 168 Å². The molecule has 1 atom stereocenters. The zero-order valence-corrected chi connectivity index (χ0v) is 16.9. The van der Waals surface area contributed by atoms with Crippen LogP contribution in [0.3, 0.4) is 0 Å². The maximum atomic E-state index is 12.6. The number of hydrogen-bond acceptors (Lipinski definition) is 7. The van der Waals surface area contributed by atoms with Crippen LogP contribution >= 0.6 is 11.3 Å². The van der Waals surface area contributed by atoms with E-state index in [1.165, 1.54) is 0 Å². The van der Waals surface area contributed by atoms with Gasteiger partial charge in [-0.15, -0.1) is 11.3 Å². The van der Waals surface area contributed by atoms with Gasteiger partial charge in [-0.2, -0.15) is 4.98 Å². The minimum Gasteiger partial charge on any atom is -0.340 e. The Kier molecular flexibility index (Phi) is 5.50. The van der Waals surface area contributed by atoms with E-state index in [1.807, 2.05) is 41.5 Å². The highest BCUT2D eigenvalue weighted by Gasteiger charge is 2.27. The molecule has 4 heterocycles. The second-order valence-corrected chi connectivity index (χ2v) is 7.96. The molecule has 0 N–H and O–H groups in total. The molecule has 1 saturated heterocycles. The van der Waals surface area contributed by atoms with Crippen molar-refractivity contribution >= 4 is 17.2 Å². The minimum atomic E-state index is 0.0276. The normalized spacial score (nSPS) is 16.3. The minimum absolute atomic E-state index is 0.0276. The number of rotatable bonds is 5.